The van der Waals surface area contributed by atoms with Gasteiger partial charge in [-0.3, -0.25) is 16.0 Å². The van der Waals surface area contributed by atoms with Gasteiger partial charge in [0.05, 0.1) is 12.2 Å². The zero-order valence-electron chi connectivity index (χ0n) is 10.6. The van der Waals surface area contributed by atoms with Crippen molar-refractivity contribution in [2.75, 3.05) is 0 Å². The molecule has 0 spiro atoms. The van der Waals surface area contributed by atoms with Gasteiger partial charge in [0.25, 0.3) is 0 Å². The smallest absolute Gasteiger partial charge is 0.0538 e. The van der Waals surface area contributed by atoms with E-state index in [4.69, 9.17) is 5.84 Å². The molecule has 3 N–H and O–H groups in total. The lowest BCUT2D eigenvalue weighted by molar-refractivity contribution is 0.368. The molecule has 0 bridgehead atoms. The van der Waals surface area contributed by atoms with E-state index in [0.717, 1.165) is 13.0 Å². The SMILES string of the molecule is CCCC(C)C(NN)c1cnn(CCC)c1. The topological polar surface area (TPSA) is 55.9 Å². The molecule has 0 aliphatic rings. The Morgan fingerprint density at radius 2 is 2.19 bits per heavy atom. The van der Waals surface area contributed by atoms with Crippen LogP contribution in [0.3, 0.4) is 0 Å². The van der Waals surface area contributed by atoms with Crippen molar-refractivity contribution in [3.8, 4) is 0 Å². The molecular formula is C12H24N4. The summed E-state index contributed by atoms with van der Waals surface area (Å²) in [5.41, 5.74) is 4.10. The first kappa shape index (κ1) is 13.2. The fraction of sp³-hybridized carbons (Fsp3) is 0.750. The molecule has 2 atom stereocenters. The van der Waals surface area contributed by atoms with Gasteiger partial charge in [-0.05, 0) is 18.8 Å². The van der Waals surface area contributed by atoms with Crippen LogP contribution in [0.15, 0.2) is 12.4 Å². The van der Waals surface area contributed by atoms with Gasteiger partial charge in [0.1, 0.15) is 0 Å². The molecule has 2 unspecified atom stereocenters. The minimum Gasteiger partial charge on any atom is -0.272 e. The molecule has 0 saturated carbocycles. The Hall–Kier alpha value is -0.870. The highest BCUT2D eigenvalue weighted by atomic mass is 15.3. The average molecular weight is 224 g/mol. The van der Waals surface area contributed by atoms with E-state index in [9.17, 15) is 0 Å². The van der Waals surface area contributed by atoms with Crippen LogP contribution in [0.25, 0.3) is 0 Å². The van der Waals surface area contributed by atoms with Gasteiger partial charge in [-0.2, -0.15) is 5.10 Å². The molecule has 1 rings (SSSR count). The van der Waals surface area contributed by atoms with Gasteiger partial charge in [-0.25, -0.2) is 0 Å². The van der Waals surface area contributed by atoms with Crippen molar-refractivity contribution < 1.29 is 0 Å². The van der Waals surface area contributed by atoms with Crippen LogP contribution in [-0.2, 0) is 6.54 Å². The standard InChI is InChI=1S/C12H24N4/c1-4-6-10(3)12(15-13)11-8-14-16(9-11)7-5-2/h8-10,12,15H,4-7,13H2,1-3H3. The Labute approximate surface area is 98.2 Å². The van der Waals surface area contributed by atoms with Crippen molar-refractivity contribution in [3.63, 3.8) is 0 Å². The molecule has 0 saturated heterocycles. The maximum Gasteiger partial charge on any atom is 0.0538 e. The number of hydrazine groups is 1. The van der Waals surface area contributed by atoms with Crippen molar-refractivity contribution in [2.45, 2.75) is 52.6 Å². The predicted octanol–water partition coefficient (Wildman–Crippen LogP) is 2.23. The molecule has 0 amide bonds. The van der Waals surface area contributed by atoms with Gasteiger partial charge in [0.2, 0.25) is 0 Å². The molecule has 0 aliphatic heterocycles. The molecule has 16 heavy (non-hydrogen) atoms. The van der Waals surface area contributed by atoms with Crippen LogP contribution in [0.1, 0.15) is 51.6 Å². The summed E-state index contributed by atoms with van der Waals surface area (Å²) in [5.74, 6) is 6.17. The van der Waals surface area contributed by atoms with Gasteiger partial charge in [0.15, 0.2) is 0 Å². The molecule has 1 heterocycles. The highest BCUT2D eigenvalue weighted by Gasteiger charge is 2.18. The van der Waals surface area contributed by atoms with Crippen molar-refractivity contribution in [2.24, 2.45) is 11.8 Å². The van der Waals surface area contributed by atoms with Crippen LogP contribution in [0.2, 0.25) is 0 Å². The van der Waals surface area contributed by atoms with E-state index >= 15 is 0 Å². The van der Waals surface area contributed by atoms with Crippen LogP contribution < -0.4 is 11.3 Å². The number of hydrogen-bond acceptors (Lipinski definition) is 3. The van der Waals surface area contributed by atoms with E-state index in [2.05, 4.69) is 37.5 Å². The zero-order chi connectivity index (χ0) is 12.0. The minimum atomic E-state index is 0.213. The Bertz CT molecular complexity index is 295. The van der Waals surface area contributed by atoms with Crippen LogP contribution in [0.5, 0.6) is 0 Å². The minimum absolute atomic E-state index is 0.213. The van der Waals surface area contributed by atoms with Crippen LogP contribution in [0, 0.1) is 5.92 Å². The van der Waals surface area contributed by atoms with Crippen molar-refractivity contribution in [3.05, 3.63) is 18.0 Å². The average Bonchev–Trinajstić information content (AvgIpc) is 2.68. The Morgan fingerprint density at radius 3 is 2.75 bits per heavy atom. The Balaban J connectivity index is 2.70. The molecule has 4 nitrogen and oxygen atoms in total. The number of nitrogens with zero attached hydrogens (tertiary/aromatic N) is 2. The van der Waals surface area contributed by atoms with E-state index in [0.29, 0.717) is 5.92 Å². The lowest BCUT2D eigenvalue weighted by atomic mass is 9.93. The maximum atomic E-state index is 5.63. The quantitative estimate of drug-likeness (QED) is 0.551. The fourth-order valence-electron chi connectivity index (χ4n) is 2.10. The summed E-state index contributed by atoms with van der Waals surface area (Å²) >= 11 is 0. The summed E-state index contributed by atoms with van der Waals surface area (Å²) in [4.78, 5) is 0. The predicted molar refractivity (Wildman–Crippen MR) is 66.7 cm³/mol. The van der Waals surface area contributed by atoms with E-state index in [1.54, 1.807) is 0 Å². The third-order valence-corrected chi connectivity index (χ3v) is 2.96. The lowest BCUT2D eigenvalue weighted by Gasteiger charge is -2.21. The summed E-state index contributed by atoms with van der Waals surface area (Å²) in [6.45, 7) is 7.55. The third kappa shape index (κ3) is 3.32. The number of hydrogen-bond donors (Lipinski definition) is 2. The first-order valence-electron chi connectivity index (χ1n) is 6.21. The van der Waals surface area contributed by atoms with Crippen molar-refractivity contribution in [1.29, 1.82) is 0 Å². The molecule has 1 aromatic rings. The Kier molecular flexibility index (Phi) is 5.49. The Morgan fingerprint density at radius 1 is 1.44 bits per heavy atom. The number of rotatable bonds is 7. The van der Waals surface area contributed by atoms with Gasteiger partial charge in [0, 0.05) is 18.3 Å². The molecule has 0 radical (unpaired) electrons. The third-order valence-electron chi connectivity index (χ3n) is 2.96. The molecule has 0 fully saturated rings. The van der Waals surface area contributed by atoms with Gasteiger partial charge >= 0.3 is 0 Å². The summed E-state index contributed by atoms with van der Waals surface area (Å²) in [5, 5.41) is 4.34. The summed E-state index contributed by atoms with van der Waals surface area (Å²) in [7, 11) is 0. The van der Waals surface area contributed by atoms with E-state index in [1.807, 2.05) is 10.9 Å². The van der Waals surface area contributed by atoms with E-state index in [1.165, 1.54) is 18.4 Å². The molecule has 4 heteroatoms. The van der Waals surface area contributed by atoms with Crippen LogP contribution in [0.4, 0.5) is 0 Å². The van der Waals surface area contributed by atoms with Crippen molar-refractivity contribution >= 4 is 0 Å². The zero-order valence-corrected chi connectivity index (χ0v) is 10.6. The molecule has 0 aliphatic carbocycles. The van der Waals surface area contributed by atoms with Crippen LogP contribution in [-0.4, -0.2) is 9.78 Å². The summed E-state index contributed by atoms with van der Waals surface area (Å²) in [6.07, 6.45) is 7.48. The summed E-state index contributed by atoms with van der Waals surface area (Å²) < 4.78 is 1.98. The van der Waals surface area contributed by atoms with E-state index < -0.39 is 0 Å². The second-order valence-electron chi connectivity index (χ2n) is 4.45. The molecule has 0 aromatic carbocycles. The van der Waals surface area contributed by atoms with Crippen LogP contribution >= 0.6 is 0 Å². The number of nitrogens with two attached hydrogens (primary N) is 1. The number of nitrogens with one attached hydrogen (secondary N) is 1. The summed E-state index contributed by atoms with van der Waals surface area (Å²) in [6, 6.07) is 0.213. The largest absolute Gasteiger partial charge is 0.272 e. The lowest BCUT2D eigenvalue weighted by Crippen LogP contribution is -2.32. The fourth-order valence-corrected chi connectivity index (χ4v) is 2.10. The van der Waals surface area contributed by atoms with Crippen molar-refractivity contribution in [1.82, 2.24) is 15.2 Å². The number of aryl methyl sites for hydroxylation is 1. The highest BCUT2D eigenvalue weighted by Crippen LogP contribution is 2.24. The number of aromatic nitrogens is 2. The maximum absolute atomic E-state index is 5.63. The molecular weight excluding hydrogens is 200 g/mol. The van der Waals surface area contributed by atoms with Gasteiger partial charge < -0.3 is 0 Å². The second kappa shape index (κ2) is 6.66. The first-order chi connectivity index (χ1) is 7.72. The first-order valence-corrected chi connectivity index (χ1v) is 6.21. The van der Waals surface area contributed by atoms with Gasteiger partial charge in [-0.1, -0.05) is 27.2 Å². The normalized spacial score (nSPS) is 15.0. The monoisotopic (exact) mass is 224 g/mol. The van der Waals surface area contributed by atoms with Gasteiger partial charge in [-0.15, -0.1) is 0 Å². The highest BCUT2D eigenvalue weighted by molar-refractivity contribution is 5.11. The van der Waals surface area contributed by atoms with E-state index in [-0.39, 0.29) is 6.04 Å². The second-order valence-corrected chi connectivity index (χ2v) is 4.45. The molecule has 1 aromatic heterocycles. The molecule has 92 valence electrons.